The number of hydrogen-bond donors (Lipinski definition) is 1. The van der Waals surface area contributed by atoms with Gasteiger partial charge in [0.05, 0.1) is 17.7 Å². The number of halogens is 1. The molecule has 0 aliphatic heterocycles. The van der Waals surface area contributed by atoms with E-state index in [0.29, 0.717) is 28.3 Å². The summed E-state index contributed by atoms with van der Waals surface area (Å²) in [6.07, 6.45) is 4.73. The van der Waals surface area contributed by atoms with Crippen molar-refractivity contribution in [2.75, 3.05) is 18.9 Å². The third-order valence-corrected chi connectivity index (χ3v) is 8.49. The van der Waals surface area contributed by atoms with Gasteiger partial charge in [0.25, 0.3) is 0 Å². The Morgan fingerprint density at radius 3 is 2.47 bits per heavy atom. The van der Waals surface area contributed by atoms with Crippen LogP contribution < -0.4 is 9.46 Å². The summed E-state index contributed by atoms with van der Waals surface area (Å²) in [4.78, 5) is 12.7. The molecule has 180 valence electrons. The van der Waals surface area contributed by atoms with Gasteiger partial charge >= 0.3 is 0 Å². The van der Waals surface area contributed by atoms with Gasteiger partial charge in [-0.25, -0.2) is 23.4 Å². The molecule has 3 aromatic rings. The Kier molecular flexibility index (Phi) is 5.69. The number of rotatable bonds is 9. The van der Waals surface area contributed by atoms with Gasteiger partial charge in [0.15, 0.2) is 11.6 Å². The molecule has 13 heteroatoms. The standard InChI is InChI=1S/C21H24ClN7O4S/c1-12(17(33-3)18-23-10-14(22)11-24-18)34(30,31)28-20-27-26-19(15-5-4-6-16(25-15)32-2)29(20)21-7-13(8-21)9-21/h4-6,10-13,17H,7-9H2,1-3H3,(H,27,28). The Morgan fingerprint density at radius 1 is 1.18 bits per heavy atom. The van der Waals surface area contributed by atoms with Crippen molar-refractivity contribution in [2.45, 2.75) is 43.1 Å². The third kappa shape index (κ3) is 3.79. The van der Waals surface area contributed by atoms with E-state index in [2.05, 4.69) is 29.9 Å². The van der Waals surface area contributed by atoms with Crippen molar-refractivity contribution in [1.29, 1.82) is 0 Å². The van der Waals surface area contributed by atoms with Gasteiger partial charge in [-0.15, -0.1) is 10.2 Å². The average molecular weight is 506 g/mol. The summed E-state index contributed by atoms with van der Waals surface area (Å²) in [6.45, 7) is 1.53. The minimum absolute atomic E-state index is 0.150. The third-order valence-electron chi connectivity index (χ3n) is 6.60. The summed E-state index contributed by atoms with van der Waals surface area (Å²) in [5.41, 5.74) is 0.342. The maximum absolute atomic E-state index is 13.4. The Balaban J connectivity index is 1.49. The second kappa shape index (κ2) is 8.43. The highest BCUT2D eigenvalue weighted by Gasteiger charge is 2.60. The Labute approximate surface area is 202 Å². The van der Waals surface area contributed by atoms with Gasteiger partial charge in [-0.2, -0.15) is 0 Å². The van der Waals surface area contributed by atoms with Crippen LogP contribution in [0.2, 0.25) is 5.02 Å². The normalized spacial score (nSPS) is 22.9. The maximum atomic E-state index is 13.4. The molecule has 3 saturated carbocycles. The zero-order valence-corrected chi connectivity index (χ0v) is 20.4. The van der Waals surface area contributed by atoms with Crippen molar-refractivity contribution in [3.05, 3.63) is 41.4 Å². The van der Waals surface area contributed by atoms with E-state index in [4.69, 9.17) is 21.1 Å². The highest BCUT2D eigenvalue weighted by Crippen LogP contribution is 2.63. The van der Waals surface area contributed by atoms with E-state index in [-0.39, 0.29) is 17.3 Å². The predicted molar refractivity (Wildman–Crippen MR) is 124 cm³/mol. The van der Waals surface area contributed by atoms with Crippen molar-refractivity contribution < 1.29 is 17.9 Å². The maximum Gasteiger partial charge on any atom is 0.240 e. The van der Waals surface area contributed by atoms with Crippen molar-refractivity contribution >= 4 is 27.6 Å². The molecule has 3 aliphatic rings. The van der Waals surface area contributed by atoms with Crippen LogP contribution in [0.25, 0.3) is 11.5 Å². The van der Waals surface area contributed by atoms with Gasteiger partial charge < -0.3 is 9.47 Å². The first kappa shape index (κ1) is 22.9. The van der Waals surface area contributed by atoms with Gasteiger partial charge in [0.2, 0.25) is 21.9 Å². The molecule has 3 aromatic heterocycles. The number of nitrogens with zero attached hydrogens (tertiary/aromatic N) is 6. The molecule has 2 atom stereocenters. The Hall–Kier alpha value is -2.83. The number of methoxy groups -OCH3 is 2. The summed E-state index contributed by atoms with van der Waals surface area (Å²) in [5, 5.41) is 7.83. The average Bonchev–Trinajstić information content (AvgIpc) is 3.16. The van der Waals surface area contributed by atoms with Crippen LogP contribution in [0, 0.1) is 5.92 Å². The van der Waals surface area contributed by atoms with Crippen molar-refractivity contribution in [3.63, 3.8) is 0 Å². The van der Waals surface area contributed by atoms with E-state index in [9.17, 15) is 8.42 Å². The second-order valence-electron chi connectivity index (χ2n) is 8.72. The first-order valence-electron chi connectivity index (χ1n) is 10.8. The lowest BCUT2D eigenvalue weighted by Gasteiger charge is -2.62. The van der Waals surface area contributed by atoms with Crippen LogP contribution in [0.5, 0.6) is 5.88 Å². The molecule has 0 spiro atoms. The SMILES string of the molecule is COc1cccc(-c2nnc(NS(=O)(=O)C(C)C(OC)c3ncc(Cl)cn3)n2C23CC(C2)C3)n1. The molecule has 0 aromatic carbocycles. The highest BCUT2D eigenvalue weighted by molar-refractivity contribution is 7.93. The summed E-state index contributed by atoms with van der Waals surface area (Å²) < 4.78 is 42.0. The van der Waals surface area contributed by atoms with E-state index in [1.165, 1.54) is 33.5 Å². The van der Waals surface area contributed by atoms with Gasteiger partial charge in [-0.1, -0.05) is 17.7 Å². The van der Waals surface area contributed by atoms with Crippen LogP contribution in [0.3, 0.4) is 0 Å². The summed E-state index contributed by atoms with van der Waals surface area (Å²) in [5.74, 6) is 1.94. The largest absolute Gasteiger partial charge is 0.481 e. The minimum Gasteiger partial charge on any atom is -0.481 e. The Bertz CT molecular complexity index is 1300. The Morgan fingerprint density at radius 2 is 1.88 bits per heavy atom. The molecule has 2 unspecified atom stereocenters. The molecule has 0 radical (unpaired) electrons. The van der Waals surface area contributed by atoms with Crippen LogP contribution in [-0.2, 0) is 20.3 Å². The number of anilines is 1. The minimum atomic E-state index is -3.97. The quantitative estimate of drug-likeness (QED) is 0.465. The smallest absolute Gasteiger partial charge is 0.240 e. The first-order valence-corrected chi connectivity index (χ1v) is 12.7. The number of nitrogens with one attached hydrogen (secondary N) is 1. The lowest BCUT2D eigenvalue weighted by atomic mass is 9.49. The van der Waals surface area contributed by atoms with Gasteiger partial charge in [-0.3, -0.25) is 9.29 Å². The van der Waals surface area contributed by atoms with Crippen molar-refractivity contribution in [2.24, 2.45) is 5.92 Å². The number of aromatic nitrogens is 6. The zero-order valence-electron chi connectivity index (χ0n) is 18.8. The van der Waals surface area contributed by atoms with Gasteiger partial charge in [-0.05, 0) is 38.2 Å². The number of sulfonamides is 1. The molecule has 34 heavy (non-hydrogen) atoms. The number of ether oxygens (including phenoxy) is 2. The van der Waals surface area contributed by atoms with Crippen LogP contribution in [-0.4, -0.2) is 57.6 Å². The molecule has 0 saturated heterocycles. The molecule has 3 fully saturated rings. The lowest BCUT2D eigenvalue weighted by Crippen LogP contribution is -2.59. The molecule has 6 rings (SSSR count). The fraction of sp³-hybridized carbons (Fsp3) is 0.476. The molecular weight excluding hydrogens is 482 g/mol. The second-order valence-corrected chi connectivity index (χ2v) is 11.2. The van der Waals surface area contributed by atoms with Crippen LogP contribution in [0.15, 0.2) is 30.6 Å². The fourth-order valence-corrected chi connectivity index (χ4v) is 5.91. The predicted octanol–water partition coefficient (Wildman–Crippen LogP) is 2.82. The topological polar surface area (TPSA) is 134 Å². The van der Waals surface area contributed by atoms with E-state index in [1.54, 1.807) is 12.1 Å². The molecule has 2 bridgehead atoms. The van der Waals surface area contributed by atoms with E-state index >= 15 is 0 Å². The van der Waals surface area contributed by atoms with Crippen LogP contribution in [0.1, 0.15) is 38.1 Å². The molecule has 3 aliphatic carbocycles. The molecule has 1 N–H and O–H groups in total. The van der Waals surface area contributed by atoms with Gasteiger partial charge in [0.1, 0.15) is 17.0 Å². The molecule has 11 nitrogen and oxygen atoms in total. The highest BCUT2D eigenvalue weighted by atomic mass is 35.5. The first-order chi connectivity index (χ1) is 16.3. The van der Waals surface area contributed by atoms with Gasteiger partial charge in [0, 0.05) is 25.6 Å². The van der Waals surface area contributed by atoms with Crippen molar-refractivity contribution in [1.82, 2.24) is 29.7 Å². The monoisotopic (exact) mass is 505 g/mol. The van der Waals surface area contributed by atoms with E-state index in [0.717, 1.165) is 19.3 Å². The summed E-state index contributed by atoms with van der Waals surface area (Å²) >= 11 is 5.86. The number of hydrogen-bond acceptors (Lipinski definition) is 9. The van der Waals surface area contributed by atoms with Crippen LogP contribution >= 0.6 is 11.6 Å². The van der Waals surface area contributed by atoms with Crippen molar-refractivity contribution in [3.8, 4) is 17.4 Å². The van der Waals surface area contributed by atoms with Crippen LogP contribution in [0.4, 0.5) is 5.95 Å². The lowest BCUT2D eigenvalue weighted by molar-refractivity contribution is -0.0862. The molecule has 3 heterocycles. The fourth-order valence-electron chi connectivity index (χ4n) is 4.68. The molecule has 0 amide bonds. The number of pyridine rings is 1. The van der Waals surface area contributed by atoms with E-state index < -0.39 is 21.4 Å². The zero-order chi connectivity index (χ0) is 24.1. The summed E-state index contributed by atoms with van der Waals surface area (Å²) in [6, 6.07) is 5.35. The van der Waals surface area contributed by atoms with E-state index in [1.807, 2.05) is 10.6 Å². The summed E-state index contributed by atoms with van der Waals surface area (Å²) in [7, 11) is -1.03. The molecular formula is C21H24ClN7O4S.